The second-order valence-electron chi connectivity index (χ2n) is 8.73. The van der Waals surface area contributed by atoms with Gasteiger partial charge in [0.25, 0.3) is 5.09 Å². The number of ether oxygens (including phenoxy) is 2. The van der Waals surface area contributed by atoms with E-state index in [2.05, 4.69) is 15.1 Å². The van der Waals surface area contributed by atoms with E-state index in [0.717, 1.165) is 5.56 Å². The number of imidazole rings is 1. The van der Waals surface area contributed by atoms with Gasteiger partial charge in [-0.1, -0.05) is 30.3 Å². The fraction of sp³-hybridized carbons (Fsp3) is 0.400. The number of carbonyl (C=O) groups excluding carboxylic acids is 2. The molecule has 0 spiro atoms. The van der Waals surface area contributed by atoms with Gasteiger partial charge in [0, 0.05) is 24.9 Å². The molecule has 0 radical (unpaired) electrons. The number of aromatic nitrogens is 2. The Hall–Kier alpha value is -4.75. The molecule has 0 fully saturated rings. The van der Waals surface area contributed by atoms with Crippen molar-refractivity contribution in [1.29, 1.82) is 0 Å². The van der Waals surface area contributed by atoms with Crippen LogP contribution in [0.15, 0.2) is 59.2 Å². The molecule has 0 amide bonds. The summed E-state index contributed by atoms with van der Waals surface area (Å²) in [5, 5.41) is 24.2. The summed E-state index contributed by atoms with van der Waals surface area (Å²) in [7, 11) is 1.52. The molecule has 14 heteroatoms. The third-order valence-electron chi connectivity index (χ3n) is 6.01. The number of nitrogens with one attached hydrogen (secondary N) is 1. The van der Waals surface area contributed by atoms with Crippen molar-refractivity contribution in [2.75, 3.05) is 19.8 Å². The largest absolute Gasteiger partial charge is 0.462 e. The summed E-state index contributed by atoms with van der Waals surface area (Å²) in [5.41, 5.74) is 1.73. The van der Waals surface area contributed by atoms with Crippen molar-refractivity contribution in [2.45, 2.75) is 39.0 Å². The van der Waals surface area contributed by atoms with Gasteiger partial charge in [-0.05, 0) is 42.2 Å². The van der Waals surface area contributed by atoms with Gasteiger partial charge in [-0.2, -0.15) is 0 Å². The maximum atomic E-state index is 13.4. The number of allylic oxidation sites excluding steroid dienone is 2. The molecule has 2 heterocycles. The van der Waals surface area contributed by atoms with Crippen molar-refractivity contribution in [3.05, 3.63) is 90.7 Å². The molecule has 1 atom stereocenters. The minimum absolute atomic E-state index is 0.0000652. The molecule has 3 rings (SSSR count). The fourth-order valence-corrected chi connectivity index (χ4v) is 4.31. The van der Waals surface area contributed by atoms with E-state index >= 15 is 0 Å². The minimum atomic E-state index is -1.22. The molecule has 2 aromatic rings. The van der Waals surface area contributed by atoms with Crippen LogP contribution in [-0.4, -0.2) is 51.3 Å². The molecule has 208 valence electrons. The van der Waals surface area contributed by atoms with E-state index in [-0.39, 0.29) is 43.1 Å². The van der Waals surface area contributed by atoms with Crippen molar-refractivity contribution in [3.8, 4) is 0 Å². The molecule has 1 aliphatic rings. The van der Waals surface area contributed by atoms with Gasteiger partial charge in [0.05, 0.1) is 36.9 Å². The topological polar surface area (TPSA) is 178 Å². The lowest BCUT2D eigenvalue weighted by atomic mass is 9.82. The highest BCUT2D eigenvalue weighted by Crippen LogP contribution is 2.42. The molecule has 1 unspecified atom stereocenters. The van der Waals surface area contributed by atoms with Crippen LogP contribution in [0.25, 0.3) is 0 Å². The first kappa shape index (κ1) is 28.8. The Kier molecular flexibility index (Phi) is 9.73. The van der Waals surface area contributed by atoms with E-state index in [1.807, 2.05) is 30.3 Å². The number of carbonyl (C=O) groups is 2. The van der Waals surface area contributed by atoms with Crippen molar-refractivity contribution >= 4 is 17.8 Å². The number of nitro groups is 1. The maximum Gasteiger partial charge on any atom is 0.385 e. The molecule has 0 saturated carbocycles. The summed E-state index contributed by atoms with van der Waals surface area (Å²) in [6.45, 7) is 2.77. The molecule has 1 aliphatic heterocycles. The first-order valence-corrected chi connectivity index (χ1v) is 12.1. The Morgan fingerprint density at radius 3 is 2.13 bits per heavy atom. The van der Waals surface area contributed by atoms with E-state index in [0.29, 0.717) is 24.2 Å². The van der Waals surface area contributed by atoms with Crippen molar-refractivity contribution in [3.63, 3.8) is 0 Å². The van der Waals surface area contributed by atoms with Gasteiger partial charge in [0.2, 0.25) is 6.33 Å². The Labute approximate surface area is 223 Å². The molecular formula is C25H29N5O9. The highest BCUT2D eigenvalue weighted by molar-refractivity contribution is 6.00. The average Bonchev–Trinajstić information content (AvgIpc) is 3.27. The first-order valence-electron chi connectivity index (χ1n) is 12.1. The third-order valence-corrected chi connectivity index (χ3v) is 6.01. The zero-order valence-corrected chi connectivity index (χ0v) is 21.7. The van der Waals surface area contributed by atoms with Crippen molar-refractivity contribution in [2.24, 2.45) is 7.05 Å². The number of rotatable bonds is 13. The van der Waals surface area contributed by atoms with Gasteiger partial charge in [-0.15, -0.1) is 10.1 Å². The Morgan fingerprint density at radius 2 is 1.56 bits per heavy atom. The predicted octanol–water partition coefficient (Wildman–Crippen LogP) is 2.88. The molecule has 1 aromatic carbocycles. The van der Waals surface area contributed by atoms with Gasteiger partial charge in [0.15, 0.2) is 0 Å². The highest BCUT2D eigenvalue weighted by Gasteiger charge is 2.43. The van der Waals surface area contributed by atoms with E-state index < -0.39 is 33.7 Å². The smallest absolute Gasteiger partial charge is 0.385 e. The third kappa shape index (κ3) is 7.18. The molecule has 1 aromatic heterocycles. The highest BCUT2D eigenvalue weighted by atomic mass is 16.9. The van der Waals surface area contributed by atoms with Crippen LogP contribution in [0, 0.1) is 20.2 Å². The molecule has 0 aliphatic carbocycles. The van der Waals surface area contributed by atoms with Gasteiger partial charge >= 0.3 is 17.8 Å². The number of hydrogen-bond donors (Lipinski definition) is 1. The van der Waals surface area contributed by atoms with E-state index in [1.165, 1.54) is 17.9 Å². The average molecular weight is 544 g/mol. The lowest BCUT2D eigenvalue weighted by Gasteiger charge is -2.30. The molecule has 0 saturated heterocycles. The van der Waals surface area contributed by atoms with Gasteiger partial charge < -0.3 is 34.3 Å². The van der Waals surface area contributed by atoms with Crippen molar-refractivity contribution < 1.29 is 33.9 Å². The summed E-state index contributed by atoms with van der Waals surface area (Å²) in [5.74, 6) is -3.35. The Bertz CT molecular complexity index is 1300. The lowest BCUT2D eigenvalue weighted by molar-refractivity contribution is -0.757. The van der Waals surface area contributed by atoms with Gasteiger partial charge in [-0.25, -0.2) is 9.59 Å². The summed E-state index contributed by atoms with van der Waals surface area (Å²) in [6.07, 6.45) is 2.48. The van der Waals surface area contributed by atoms with Crippen LogP contribution in [0.4, 0.5) is 5.82 Å². The summed E-state index contributed by atoms with van der Waals surface area (Å²) >= 11 is 0. The van der Waals surface area contributed by atoms with Crippen LogP contribution in [0.1, 0.15) is 43.9 Å². The SMILES string of the molecule is CC1=C(C(=O)OCCCO[N+](=O)[O-])C(c2c([N+](=O)[O-])ncn2C)C(C(=O)OCCCc2ccccc2)=C(C)N1. The number of dihydropyridines is 1. The normalized spacial score (nSPS) is 15.0. The molecular weight excluding hydrogens is 514 g/mol. The second kappa shape index (κ2) is 13.2. The summed E-state index contributed by atoms with van der Waals surface area (Å²) in [6, 6.07) is 9.67. The maximum absolute atomic E-state index is 13.4. The number of hydrogen-bond acceptors (Lipinski definition) is 11. The number of esters is 2. The monoisotopic (exact) mass is 543 g/mol. The van der Waals surface area contributed by atoms with E-state index in [4.69, 9.17) is 9.47 Å². The van der Waals surface area contributed by atoms with Crippen LogP contribution in [-0.2, 0) is 37.4 Å². The zero-order chi connectivity index (χ0) is 28.5. The van der Waals surface area contributed by atoms with Gasteiger partial charge in [0.1, 0.15) is 5.69 Å². The molecule has 1 N–H and O–H groups in total. The first-order chi connectivity index (χ1) is 18.6. The summed E-state index contributed by atoms with van der Waals surface area (Å²) in [4.78, 5) is 56.1. The quantitative estimate of drug-likeness (QED) is 0.170. The van der Waals surface area contributed by atoms with Crippen LogP contribution < -0.4 is 5.32 Å². The Balaban J connectivity index is 1.87. The van der Waals surface area contributed by atoms with E-state index in [1.54, 1.807) is 13.8 Å². The zero-order valence-electron chi connectivity index (χ0n) is 21.7. The number of nitrogens with zero attached hydrogens (tertiary/aromatic N) is 4. The molecule has 14 nitrogen and oxygen atoms in total. The Morgan fingerprint density at radius 1 is 0.974 bits per heavy atom. The van der Waals surface area contributed by atoms with Crippen LogP contribution >= 0.6 is 0 Å². The predicted molar refractivity (Wildman–Crippen MR) is 135 cm³/mol. The van der Waals surface area contributed by atoms with Crippen LogP contribution in [0.5, 0.6) is 0 Å². The van der Waals surface area contributed by atoms with Crippen molar-refractivity contribution in [1.82, 2.24) is 14.9 Å². The molecule has 0 bridgehead atoms. The molecule has 39 heavy (non-hydrogen) atoms. The number of aryl methyl sites for hydroxylation is 2. The second-order valence-corrected chi connectivity index (χ2v) is 8.73. The lowest BCUT2D eigenvalue weighted by Crippen LogP contribution is -2.33. The minimum Gasteiger partial charge on any atom is -0.462 e. The summed E-state index contributed by atoms with van der Waals surface area (Å²) < 4.78 is 12.2. The van der Waals surface area contributed by atoms with Crippen LogP contribution in [0.2, 0.25) is 0 Å². The van der Waals surface area contributed by atoms with Crippen LogP contribution in [0.3, 0.4) is 0 Å². The van der Waals surface area contributed by atoms with Gasteiger partial charge in [-0.3, -0.25) is 0 Å². The van der Waals surface area contributed by atoms with E-state index in [9.17, 15) is 29.8 Å². The number of benzene rings is 1. The fourth-order valence-electron chi connectivity index (χ4n) is 4.31. The standard InChI is InChI=1S/C25H29N5O9/c1-16-19(24(31)37-12-7-11-18-9-5-4-6-10-18)21(22-23(29(33)34)26-15-28(22)3)20(17(2)27-16)25(32)38-13-8-14-39-30(35)36/h4-6,9-10,15,21,27H,7-8,11-14H2,1-3H3.